The molecule has 1 aromatic carbocycles. The predicted octanol–water partition coefficient (Wildman–Crippen LogP) is 0.355. The van der Waals surface area contributed by atoms with Crippen molar-refractivity contribution >= 4 is 11.9 Å². The molecule has 2 N–H and O–H groups in total. The lowest BCUT2D eigenvalue weighted by Crippen LogP contribution is -2.26. The molecule has 0 aromatic heterocycles. The molecule has 0 spiro atoms. The first-order valence-corrected chi connectivity index (χ1v) is 7.10. The number of phenols is 2. The number of esters is 2. The summed E-state index contributed by atoms with van der Waals surface area (Å²) in [4.78, 5) is 51.5. The van der Waals surface area contributed by atoms with Gasteiger partial charge in [0.1, 0.15) is 12.7 Å². The fourth-order valence-electron chi connectivity index (χ4n) is 1.74. The number of hydrogen-bond acceptors (Lipinski definition) is 12. The molecule has 0 radical (unpaired) electrons. The zero-order valence-corrected chi connectivity index (χ0v) is 13.7. The first-order valence-electron chi connectivity index (χ1n) is 7.10. The number of carbonyl (C=O) groups is 2. The Hall–Kier alpha value is -3.84. The van der Waals surface area contributed by atoms with Gasteiger partial charge >= 0.3 is 11.9 Å². The van der Waals surface area contributed by atoms with E-state index in [-0.39, 0.29) is 12.0 Å². The Bertz CT molecular complexity index is 734. The van der Waals surface area contributed by atoms with Gasteiger partial charge in [-0.2, -0.15) is 0 Å². The molecule has 14 heteroatoms. The normalized spacial score (nSPS) is 11.1. The third-order valence-corrected chi connectivity index (χ3v) is 2.82. The average Bonchev–Trinajstić information content (AvgIpc) is 2.55. The van der Waals surface area contributed by atoms with Gasteiger partial charge in [0.15, 0.2) is 11.5 Å². The summed E-state index contributed by atoms with van der Waals surface area (Å²) in [6.45, 7) is -0.185. The fourth-order valence-corrected chi connectivity index (χ4v) is 1.74. The number of carbonyl (C=O) groups excluding carboxylic acids is 2. The molecule has 0 saturated carbocycles. The van der Waals surface area contributed by atoms with E-state index in [1.165, 1.54) is 0 Å². The summed E-state index contributed by atoms with van der Waals surface area (Å²) in [5, 5.41) is 37.2. The van der Waals surface area contributed by atoms with Crippen molar-refractivity contribution < 1.29 is 49.1 Å². The van der Waals surface area contributed by atoms with Gasteiger partial charge in [0.25, 0.3) is 10.2 Å². The van der Waals surface area contributed by atoms with Crippen molar-refractivity contribution in [2.75, 3.05) is 13.2 Å². The van der Waals surface area contributed by atoms with Crippen molar-refractivity contribution in [1.82, 2.24) is 0 Å². The van der Waals surface area contributed by atoms with E-state index in [1.807, 2.05) is 0 Å². The highest BCUT2D eigenvalue weighted by atomic mass is 17.0. The van der Waals surface area contributed by atoms with E-state index >= 15 is 0 Å². The fraction of sp³-hybridized carbons (Fsp3) is 0.385. The van der Waals surface area contributed by atoms with Crippen LogP contribution in [0.15, 0.2) is 12.1 Å². The van der Waals surface area contributed by atoms with Crippen LogP contribution in [-0.4, -0.2) is 51.6 Å². The number of phenolic OH excluding ortho intramolecular Hbond substituents is 2. The Balaban J connectivity index is 2.72. The second-order valence-corrected chi connectivity index (χ2v) is 4.83. The highest BCUT2D eigenvalue weighted by molar-refractivity contribution is 5.91. The highest BCUT2D eigenvalue weighted by Crippen LogP contribution is 2.36. The van der Waals surface area contributed by atoms with Gasteiger partial charge in [0, 0.05) is 13.3 Å². The van der Waals surface area contributed by atoms with Gasteiger partial charge < -0.3 is 29.4 Å². The highest BCUT2D eigenvalue weighted by Gasteiger charge is 2.20. The Morgan fingerprint density at radius 3 is 2.41 bits per heavy atom. The second kappa shape index (κ2) is 9.59. The van der Waals surface area contributed by atoms with Crippen LogP contribution < -0.4 is 4.74 Å². The number of rotatable bonds is 10. The van der Waals surface area contributed by atoms with E-state index in [0.29, 0.717) is 0 Å². The first kappa shape index (κ1) is 21.2. The summed E-state index contributed by atoms with van der Waals surface area (Å²) in [7, 11) is 0. The van der Waals surface area contributed by atoms with Crippen LogP contribution in [0, 0.1) is 20.2 Å². The molecule has 1 unspecified atom stereocenters. The molecule has 14 nitrogen and oxygen atoms in total. The molecule has 0 aliphatic carbocycles. The number of benzene rings is 1. The number of hydrogen-bond donors (Lipinski definition) is 2. The summed E-state index contributed by atoms with van der Waals surface area (Å²) in [5.41, 5.74) is -0.296. The third kappa shape index (κ3) is 7.29. The van der Waals surface area contributed by atoms with E-state index in [9.17, 15) is 40.0 Å². The van der Waals surface area contributed by atoms with Gasteiger partial charge in [-0.25, -0.2) is 4.79 Å². The summed E-state index contributed by atoms with van der Waals surface area (Å²) in [6.07, 6.45) is -1.69. The lowest BCUT2D eigenvalue weighted by atomic mass is 10.2. The van der Waals surface area contributed by atoms with Crippen LogP contribution in [-0.2, 0) is 19.2 Å². The van der Waals surface area contributed by atoms with Crippen LogP contribution >= 0.6 is 0 Å². The molecule has 0 heterocycles. The van der Waals surface area contributed by atoms with E-state index in [2.05, 4.69) is 14.4 Å². The van der Waals surface area contributed by atoms with E-state index < -0.39 is 58.7 Å². The average molecular weight is 390 g/mol. The van der Waals surface area contributed by atoms with Gasteiger partial charge in [-0.15, -0.1) is 20.2 Å². The zero-order chi connectivity index (χ0) is 20.6. The third-order valence-electron chi connectivity index (χ3n) is 2.82. The summed E-state index contributed by atoms with van der Waals surface area (Å²) in [5.74, 6) is -3.86. The summed E-state index contributed by atoms with van der Waals surface area (Å²) >= 11 is 0. The molecule has 0 amide bonds. The largest absolute Gasteiger partial charge is 0.504 e. The zero-order valence-electron chi connectivity index (χ0n) is 13.7. The monoisotopic (exact) mass is 390 g/mol. The van der Waals surface area contributed by atoms with E-state index in [1.54, 1.807) is 0 Å². The SMILES string of the molecule is CC(=O)Oc1cc(C(=O)OCCC(CO[N+](=O)[O-])O[N+](=O)[O-])cc(O)c1O. The van der Waals surface area contributed by atoms with E-state index in [0.717, 1.165) is 19.1 Å². The van der Waals surface area contributed by atoms with Gasteiger partial charge in [-0.3, -0.25) is 4.79 Å². The minimum absolute atomic E-state index is 0.296. The Morgan fingerprint density at radius 2 is 1.85 bits per heavy atom. The van der Waals surface area contributed by atoms with Gasteiger partial charge in [-0.1, -0.05) is 0 Å². The van der Waals surface area contributed by atoms with Crippen LogP contribution in [0.5, 0.6) is 17.2 Å². The maximum Gasteiger partial charge on any atom is 0.338 e. The van der Waals surface area contributed by atoms with Crippen LogP contribution in [0.4, 0.5) is 0 Å². The molecule has 148 valence electrons. The van der Waals surface area contributed by atoms with Crippen LogP contribution in [0.2, 0.25) is 0 Å². The number of aromatic hydroxyl groups is 2. The molecule has 0 aliphatic heterocycles. The Labute approximate surface area is 150 Å². The number of nitrogens with zero attached hydrogens (tertiary/aromatic N) is 2. The van der Waals surface area contributed by atoms with Crippen molar-refractivity contribution in [2.45, 2.75) is 19.4 Å². The first-order chi connectivity index (χ1) is 12.6. The molecule has 1 atom stereocenters. The predicted molar refractivity (Wildman–Crippen MR) is 80.8 cm³/mol. The van der Waals surface area contributed by atoms with E-state index in [4.69, 9.17) is 4.74 Å². The standard InChI is InChI=1S/C13H14N2O12/c1-7(16)26-11-5-8(4-10(17)12(11)18)13(19)24-3-2-9(27-15(22)23)6-25-14(20)21/h4-5,9,17-18H,2-3,6H2,1H3. The van der Waals surface area contributed by atoms with Crippen molar-refractivity contribution in [3.8, 4) is 17.2 Å². The quantitative estimate of drug-likeness (QED) is 0.183. The summed E-state index contributed by atoms with van der Waals surface area (Å²) in [6, 6.07) is 1.77. The molecule has 27 heavy (non-hydrogen) atoms. The Morgan fingerprint density at radius 1 is 1.19 bits per heavy atom. The van der Waals surface area contributed by atoms with Gasteiger partial charge in [-0.05, 0) is 12.1 Å². The maximum atomic E-state index is 11.9. The van der Waals surface area contributed by atoms with Crippen molar-refractivity contribution in [2.24, 2.45) is 0 Å². The lowest BCUT2D eigenvalue weighted by molar-refractivity contribution is -0.790. The molecule has 0 bridgehead atoms. The molecule has 1 aromatic rings. The van der Waals surface area contributed by atoms with Gasteiger partial charge in [0.2, 0.25) is 5.75 Å². The molecular formula is C13H14N2O12. The summed E-state index contributed by atoms with van der Waals surface area (Å²) < 4.78 is 9.43. The minimum atomic E-state index is -1.37. The molecule has 0 aliphatic rings. The van der Waals surface area contributed by atoms with Crippen LogP contribution in [0.3, 0.4) is 0 Å². The van der Waals surface area contributed by atoms with Crippen molar-refractivity contribution in [3.05, 3.63) is 37.9 Å². The smallest absolute Gasteiger partial charge is 0.338 e. The second-order valence-electron chi connectivity index (χ2n) is 4.83. The minimum Gasteiger partial charge on any atom is -0.504 e. The van der Waals surface area contributed by atoms with Crippen LogP contribution in [0.25, 0.3) is 0 Å². The topological polar surface area (TPSA) is 198 Å². The molecular weight excluding hydrogens is 376 g/mol. The van der Waals surface area contributed by atoms with Crippen molar-refractivity contribution in [3.63, 3.8) is 0 Å². The van der Waals surface area contributed by atoms with Crippen LogP contribution in [0.1, 0.15) is 23.7 Å². The molecule has 0 saturated heterocycles. The van der Waals surface area contributed by atoms with Gasteiger partial charge in [0.05, 0.1) is 12.2 Å². The molecule has 1 rings (SSSR count). The molecule has 0 fully saturated rings. The maximum absolute atomic E-state index is 11.9. The lowest BCUT2D eigenvalue weighted by Gasteiger charge is -2.14. The van der Waals surface area contributed by atoms with Crippen molar-refractivity contribution in [1.29, 1.82) is 0 Å². The number of ether oxygens (including phenoxy) is 2. The Kier molecular flexibility index (Phi) is 7.53.